The van der Waals surface area contributed by atoms with Crippen molar-refractivity contribution in [3.05, 3.63) is 77.2 Å². The first-order chi connectivity index (χ1) is 14.0. The molecule has 0 saturated carbocycles. The number of thiazole rings is 1. The third-order valence-corrected chi connectivity index (χ3v) is 5.98. The third kappa shape index (κ3) is 4.17. The maximum absolute atomic E-state index is 13.2. The molecule has 0 unspecified atom stereocenters. The van der Waals surface area contributed by atoms with Gasteiger partial charge in [0.2, 0.25) is 5.91 Å². The van der Waals surface area contributed by atoms with Crippen molar-refractivity contribution in [2.75, 3.05) is 12.0 Å². The molecule has 0 bridgehead atoms. The van der Waals surface area contributed by atoms with E-state index in [-0.39, 0.29) is 12.3 Å². The molecule has 4 aromatic rings. The fraction of sp³-hybridized carbons (Fsp3) is 0.217. The number of aromatic nitrogens is 1. The van der Waals surface area contributed by atoms with Gasteiger partial charge in [-0.3, -0.25) is 9.69 Å². The summed E-state index contributed by atoms with van der Waals surface area (Å²) in [5, 5.41) is 0.684. The molecule has 0 atom stereocenters. The summed E-state index contributed by atoms with van der Waals surface area (Å²) >= 11 is 1.54. The predicted molar refractivity (Wildman–Crippen MR) is 116 cm³/mol. The molecule has 29 heavy (non-hydrogen) atoms. The van der Waals surface area contributed by atoms with Gasteiger partial charge in [0.15, 0.2) is 5.13 Å². The van der Waals surface area contributed by atoms with Crippen LogP contribution in [0.25, 0.3) is 10.2 Å². The highest BCUT2D eigenvalue weighted by molar-refractivity contribution is 7.22. The van der Waals surface area contributed by atoms with Gasteiger partial charge in [0.05, 0.1) is 36.6 Å². The van der Waals surface area contributed by atoms with Crippen LogP contribution in [0.1, 0.15) is 22.5 Å². The molecular weight excluding hydrogens is 384 g/mol. The maximum Gasteiger partial charge on any atom is 0.233 e. The zero-order valence-electron chi connectivity index (χ0n) is 16.6. The molecule has 0 radical (unpaired) electrons. The van der Waals surface area contributed by atoms with Crippen LogP contribution in [0.15, 0.2) is 59.2 Å². The number of hydrogen-bond donors (Lipinski definition) is 0. The number of nitrogens with zero attached hydrogens (tertiary/aromatic N) is 2. The van der Waals surface area contributed by atoms with Crippen LogP contribution in [0, 0.1) is 13.8 Å². The first kappa shape index (κ1) is 19.2. The molecule has 148 valence electrons. The zero-order chi connectivity index (χ0) is 20.4. The van der Waals surface area contributed by atoms with Gasteiger partial charge in [0.1, 0.15) is 11.5 Å². The van der Waals surface area contributed by atoms with Gasteiger partial charge in [-0.2, -0.15) is 0 Å². The van der Waals surface area contributed by atoms with Crippen molar-refractivity contribution >= 4 is 32.6 Å². The number of ether oxygens (including phenoxy) is 1. The Kier molecular flexibility index (Phi) is 5.36. The van der Waals surface area contributed by atoms with Crippen LogP contribution in [-0.4, -0.2) is 18.0 Å². The van der Waals surface area contributed by atoms with Crippen molar-refractivity contribution < 1.29 is 13.9 Å². The topological polar surface area (TPSA) is 55.6 Å². The summed E-state index contributed by atoms with van der Waals surface area (Å²) in [7, 11) is 1.63. The highest BCUT2D eigenvalue weighted by atomic mass is 32.1. The SMILES string of the molecule is COc1ccc(CC(=O)N(Cc2ccco2)c2nc3cc(C)cc(C)c3s2)cc1. The van der Waals surface area contributed by atoms with Crippen molar-refractivity contribution in [2.24, 2.45) is 0 Å². The van der Waals surface area contributed by atoms with E-state index >= 15 is 0 Å². The van der Waals surface area contributed by atoms with E-state index in [9.17, 15) is 4.79 Å². The number of methoxy groups -OCH3 is 1. The van der Waals surface area contributed by atoms with Gasteiger partial charge in [0, 0.05) is 0 Å². The van der Waals surface area contributed by atoms with Gasteiger partial charge in [-0.15, -0.1) is 0 Å². The van der Waals surface area contributed by atoms with Gasteiger partial charge in [0.25, 0.3) is 0 Å². The number of furan rings is 1. The molecule has 1 amide bonds. The summed E-state index contributed by atoms with van der Waals surface area (Å²) in [5.41, 5.74) is 4.18. The number of carbonyl (C=O) groups is 1. The standard InChI is InChI=1S/C23H22N2O3S/c1-15-11-16(2)22-20(12-15)24-23(29-22)25(14-19-5-4-10-28-19)21(26)13-17-6-8-18(27-3)9-7-17/h4-12H,13-14H2,1-3H3. The Morgan fingerprint density at radius 2 is 1.97 bits per heavy atom. The average Bonchev–Trinajstić information content (AvgIpc) is 3.36. The minimum atomic E-state index is -0.0278. The molecule has 0 aliphatic carbocycles. The van der Waals surface area contributed by atoms with Crippen LogP contribution >= 0.6 is 11.3 Å². The Morgan fingerprint density at radius 1 is 1.17 bits per heavy atom. The lowest BCUT2D eigenvalue weighted by molar-refractivity contribution is -0.118. The molecule has 2 aromatic carbocycles. The normalized spacial score (nSPS) is 11.0. The van der Waals surface area contributed by atoms with E-state index in [0.29, 0.717) is 11.7 Å². The summed E-state index contributed by atoms with van der Waals surface area (Å²) in [5.74, 6) is 1.46. The minimum absolute atomic E-state index is 0.0278. The fourth-order valence-corrected chi connectivity index (χ4v) is 4.35. The second-order valence-electron chi connectivity index (χ2n) is 7.01. The van der Waals surface area contributed by atoms with Crippen LogP contribution in [0.5, 0.6) is 5.75 Å². The van der Waals surface area contributed by atoms with Crippen molar-refractivity contribution in [1.29, 1.82) is 0 Å². The second-order valence-corrected chi connectivity index (χ2v) is 7.99. The summed E-state index contributed by atoms with van der Waals surface area (Å²) in [6, 6.07) is 15.4. The van der Waals surface area contributed by atoms with Crippen LogP contribution in [0.3, 0.4) is 0 Å². The van der Waals surface area contributed by atoms with Crippen LogP contribution in [0.4, 0.5) is 5.13 Å². The molecule has 6 heteroatoms. The first-order valence-corrected chi connectivity index (χ1v) is 10.2. The van der Waals surface area contributed by atoms with Crippen molar-refractivity contribution in [2.45, 2.75) is 26.8 Å². The van der Waals surface area contributed by atoms with Crippen molar-refractivity contribution in [1.82, 2.24) is 4.98 Å². The van der Waals surface area contributed by atoms with Crippen molar-refractivity contribution in [3.8, 4) is 5.75 Å². The number of aryl methyl sites for hydroxylation is 2. The molecule has 2 heterocycles. The lowest BCUT2D eigenvalue weighted by Crippen LogP contribution is -2.31. The molecule has 0 saturated heterocycles. The van der Waals surface area contributed by atoms with Crippen LogP contribution in [-0.2, 0) is 17.8 Å². The number of benzene rings is 2. The monoisotopic (exact) mass is 406 g/mol. The second kappa shape index (κ2) is 8.09. The van der Waals surface area contributed by atoms with Gasteiger partial charge < -0.3 is 9.15 Å². The Balaban J connectivity index is 1.67. The van der Waals surface area contributed by atoms with Gasteiger partial charge >= 0.3 is 0 Å². The smallest absolute Gasteiger partial charge is 0.233 e. The molecule has 0 fully saturated rings. The predicted octanol–water partition coefficient (Wildman–Crippen LogP) is 5.29. The largest absolute Gasteiger partial charge is 0.497 e. The van der Waals surface area contributed by atoms with Gasteiger partial charge in [-0.25, -0.2) is 4.98 Å². The molecule has 0 spiro atoms. The first-order valence-electron chi connectivity index (χ1n) is 9.37. The Labute approximate surface area is 173 Å². The number of amides is 1. The summed E-state index contributed by atoms with van der Waals surface area (Å²) in [6.45, 7) is 4.48. The zero-order valence-corrected chi connectivity index (χ0v) is 17.5. The number of rotatable bonds is 6. The van der Waals surface area contributed by atoms with Crippen molar-refractivity contribution in [3.63, 3.8) is 0 Å². The van der Waals surface area contributed by atoms with Gasteiger partial charge in [-0.1, -0.05) is 29.5 Å². The fourth-order valence-electron chi connectivity index (χ4n) is 3.31. The molecule has 5 nitrogen and oxygen atoms in total. The van der Waals surface area contributed by atoms with E-state index in [0.717, 1.165) is 32.9 Å². The molecule has 4 rings (SSSR count). The Morgan fingerprint density at radius 3 is 2.66 bits per heavy atom. The molecule has 0 aliphatic rings. The minimum Gasteiger partial charge on any atom is -0.497 e. The lowest BCUT2D eigenvalue weighted by atomic mass is 10.1. The summed E-state index contributed by atoms with van der Waals surface area (Å²) in [6.07, 6.45) is 1.89. The van der Waals surface area contributed by atoms with Crippen LogP contribution in [0.2, 0.25) is 0 Å². The quantitative estimate of drug-likeness (QED) is 0.436. The average molecular weight is 407 g/mol. The highest BCUT2D eigenvalue weighted by Gasteiger charge is 2.22. The van der Waals surface area contributed by atoms with E-state index in [2.05, 4.69) is 26.0 Å². The molecule has 0 aliphatic heterocycles. The number of anilines is 1. The van der Waals surface area contributed by atoms with E-state index in [1.807, 2.05) is 36.4 Å². The highest BCUT2D eigenvalue weighted by Crippen LogP contribution is 2.33. The number of fused-ring (bicyclic) bond motifs is 1. The summed E-state index contributed by atoms with van der Waals surface area (Å²) in [4.78, 5) is 19.7. The van der Waals surface area contributed by atoms with E-state index < -0.39 is 0 Å². The summed E-state index contributed by atoms with van der Waals surface area (Å²) < 4.78 is 11.8. The molecule has 2 aromatic heterocycles. The van der Waals surface area contributed by atoms with Crippen LogP contribution < -0.4 is 9.64 Å². The Bertz CT molecular complexity index is 1130. The number of carbonyl (C=O) groups excluding carboxylic acids is 1. The van der Waals surface area contributed by atoms with Gasteiger partial charge in [-0.05, 0) is 60.9 Å². The Hall–Kier alpha value is -3.12. The number of hydrogen-bond acceptors (Lipinski definition) is 5. The van der Waals surface area contributed by atoms with E-state index in [4.69, 9.17) is 14.1 Å². The lowest BCUT2D eigenvalue weighted by Gasteiger charge is -2.19. The maximum atomic E-state index is 13.2. The third-order valence-electron chi connectivity index (χ3n) is 4.75. The molecular formula is C23H22N2O3S. The van der Waals surface area contributed by atoms with E-state index in [1.165, 1.54) is 16.9 Å². The molecule has 0 N–H and O–H groups in total. The van der Waals surface area contributed by atoms with E-state index in [1.54, 1.807) is 18.3 Å².